The van der Waals surface area contributed by atoms with Gasteiger partial charge in [-0.25, -0.2) is 8.78 Å². The topological polar surface area (TPSA) is 72.2 Å². The van der Waals surface area contributed by atoms with Crippen molar-refractivity contribution in [3.63, 3.8) is 0 Å². The Morgan fingerprint density at radius 3 is 2.29 bits per heavy atom. The quantitative estimate of drug-likeness (QED) is 0.695. The van der Waals surface area contributed by atoms with E-state index in [0.29, 0.717) is 5.56 Å². The number of nitrogens with one attached hydrogen (secondary N) is 1. The van der Waals surface area contributed by atoms with Gasteiger partial charge in [0.2, 0.25) is 0 Å². The first-order chi connectivity index (χ1) is 9.91. The highest BCUT2D eigenvalue weighted by atomic mass is 19.1. The molecule has 2 aromatic rings. The van der Waals surface area contributed by atoms with E-state index in [0.717, 1.165) is 24.3 Å². The van der Waals surface area contributed by atoms with Gasteiger partial charge < -0.3 is 5.32 Å². The summed E-state index contributed by atoms with van der Waals surface area (Å²) >= 11 is 0. The van der Waals surface area contributed by atoms with Crippen LogP contribution in [0.25, 0.3) is 0 Å². The first-order valence-electron chi connectivity index (χ1n) is 5.91. The Balaban J connectivity index is 2.45. The molecule has 2 aromatic carbocycles. The molecule has 0 aromatic heterocycles. The lowest BCUT2D eigenvalue weighted by molar-refractivity contribution is -0.385. The highest BCUT2D eigenvalue weighted by molar-refractivity contribution is 6.08. The maximum Gasteiger partial charge on any atom is 0.282 e. The lowest BCUT2D eigenvalue weighted by Gasteiger charge is -2.09. The lowest BCUT2D eigenvalue weighted by Crippen LogP contribution is -2.17. The number of anilines is 1. The van der Waals surface area contributed by atoms with Crippen LogP contribution in [0.3, 0.4) is 0 Å². The molecule has 0 saturated carbocycles. The molecule has 0 unspecified atom stereocenters. The second-order valence-corrected chi connectivity index (χ2v) is 4.28. The number of nitro groups is 1. The monoisotopic (exact) mass is 292 g/mol. The fraction of sp³-hybridized carbons (Fsp3) is 0.0714. The first-order valence-corrected chi connectivity index (χ1v) is 5.91. The average molecular weight is 292 g/mol. The van der Waals surface area contributed by atoms with Gasteiger partial charge in [0.05, 0.1) is 4.92 Å². The third-order valence-corrected chi connectivity index (χ3v) is 2.88. The molecule has 7 heteroatoms. The summed E-state index contributed by atoms with van der Waals surface area (Å²) in [7, 11) is 0. The zero-order chi connectivity index (χ0) is 15.6. The molecule has 5 nitrogen and oxygen atoms in total. The van der Waals surface area contributed by atoms with Crippen molar-refractivity contribution in [1.82, 2.24) is 0 Å². The van der Waals surface area contributed by atoms with Gasteiger partial charge in [-0.15, -0.1) is 0 Å². The number of amides is 1. The summed E-state index contributed by atoms with van der Waals surface area (Å²) in [5.74, 6) is -2.86. The molecular weight excluding hydrogens is 282 g/mol. The molecule has 2 rings (SSSR count). The summed E-state index contributed by atoms with van der Waals surface area (Å²) in [6.07, 6.45) is 0. The Morgan fingerprint density at radius 1 is 1.14 bits per heavy atom. The molecule has 0 bridgehead atoms. The van der Waals surface area contributed by atoms with Gasteiger partial charge in [-0.1, -0.05) is 18.2 Å². The van der Waals surface area contributed by atoms with E-state index >= 15 is 0 Å². The molecule has 0 atom stereocenters. The van der Waals surface area contributed by atoms with Crippen molar-refractivity contribution in [1.29, 1.82) is 0 Å². The largest absolute Gasteiger partial charge is 0.317 e. The molecule has 0 aliphatic carbocycles. The van der Waals surface area contributed by atoms with Crippen molar-refractivity contribution in [3.8, 4) is 0 Å². The third kappa shape index (κ3) is 2.86. The lowest BCUT2D eigenvalue weighted by atomic mass is 10.1. The summed E-state index contributed by atoms with van der Waals surface area (Å²) in [5.41, 5.74) is -0.965. The zero-order valence-electron chi connectivity index (χ0n) is 10.9. The number of benzene rings is 2. The van der Waals surface area contributed by atoms with Crippen LogP contribution in [0.15, 0.2) is 36.4 Å². The number of hydrogen-bond donors (Lipinski definition) is 1. The fourth-order valence-electron chi connectivity index (χ4n) is 1.89. The molecule has 0 saturated heterocycles. The van der Waals surface area contributed by atoms with Gasteiger partial charge in [0, 0.05) is 6.07 Å². The van der Waals surface area contributed by atoms with Crippen molar-refractivity contribution in [2.24, 2.45) is 0 Å². The standard InChI is InChI=1S/C14H10F2N2O3/c1-8-4-2-7-11(18(20)21)12(8)14(19)17-13-9(15)5-3-6-10(13)16/h2-7H,1H3,(H,17,19). The van der Waals surface area contributed by atoms with E-state index in [1.807, 2.05) is 5.32 Å². The number of hydrogen-bond acceptors (Lipinski definition) is 3. The van der Waals surface area contributed by atoms with Crippen molar-refractivity contribution in [2.75, 3.05) is 5.32 Å². The summed E-state index contributed by atoms with van der Waals surface area (Å²) in [4.78, 5) is 22.3. The van der Waals surface area contributed by atoms with E-state index in [-0.39, 0.29) is 5.56 Å². The molecule has 0 heterocycles. The predicted octanol–water partition coefficient (Wildman–Crippen LogP) is 3.43. The minimum absolute atomic E-state index is 0.231. The van der Waals surface area contributed by atoms with E-state index < -0.39 is 33.8 Å². The van der Waals surface area contributed by atoms with Crippen molar-refractivity contribution < 1.29 is 18.5 Å². The van der Waals surface area contributed by atoms with Crippen LogP contribution >= 0.6 is 0 Å². The third-order valence-electron chi connectivity index (χ3n) is 2.88. The Morgan fingerprint density at radius 2 is 1.71 bits per heavy atom. The molecular formula is C14H10F2N2O3. The van der Waals surface area contributed by atoms with Crippen LogP contribution in [0.4, 0.5) is 20.2 Å². The SMILES string of the molecule is Cc1cccc([N+](=O)[O-])c1C(=O)Nc1c(F)cccc1F. The summed E-state index contributed by atoms with van der Waals surface area (Å²) in [6.45, 7) is 1.50. The maximum atomic E-state index is 13.5. The van der Waals surface area contributed by atoms with Crippen molar-refractivity contribution in [2.45, 2.75) is 6.92 Å². The van der Waals surface area contributed by atoms with Gasteiger partial charge >= 0.3 is 0 Å². The average Bonchev–Trinajstić information content (AvgIpc) is 2.42. The molecule has 21 heavy (non-hydrogen) atoms. The smallest absolute Gasteiger partial charge is 0.282 e. The summed E-state index contributed by atoms with van der Waals surface area (Å²) in [6, 6.07) is 7.18. The van der Waals surface area contributed by atoms with Crippen molar-refractivity contribution in [3.05, 3.63) is 69.3 Å². The number of halogens is 2. The minimum Gasteiger partial charge on any atom is -0.317 e. The van der Waals surface area contributed by atoms with Gasteiger partial charge in [0.25, 0.3) is 11.6 Å². The normalized spacial score (nSPS) is 10.2. The molecule has 0 aliphatic rings. The van der Waals surface area contributed by atoms with Crippen LogP contribution in [-0.2, 0) is 0 Å². The van der Waals surface area contributed by atoms with Crippen LogP contribution in [0, 0.1) is 28.7 Å². The second-order valence-electron chi connectivity index (χ2n) is 4.28. The minimum atomic E-state index is -0.959. The number of nitro benzene ring substituents is 1. The molecule has 0 radical (unpaired) electrons. The number of para-hydroxylation sites is 1. The van der Waals surface area contributed by atoms with Crippen LogP contribution in [-0.4, -0.2) is 10.8 Å². The number of aryl methyl sites for hydroxylation is 1. The number of nitrogens with zero attached hydrogens (tertiary/aromatic N) is 1. The maximum absolute atomic E-state index is 13.5. The summed E-state index contributed by atoms with van der Waals surface area (Å²) in [5, 5.41) is 13.0. The molecule has 1 N–H and O–H groups in total. The van der Waals surface area contributed by atoms with E-state index in [2.05, 4.69) is 0 Å². The van der Waals surface area contributed by atoms with Gasteiger partial charge in [0.1, 0.15) is 22.9 Å². The number of rotatable bonds is 3. The van der Waals surface area contributed by atoms with E-state index in [1.165, 1.54) is 19.1 Å². The van der Waals surface area contributed by atoms with Crippen LogP contribution in [0.2, 0.25) is 0 Å². The Labute approximate surface area is 118 Å². The molecule has 0 fully saturated rings. The van der Waals surface area contributed by atoms with Gasteiger partial charge in [-0.3, -0.25) is 14.9 Å². The fourth-order valence-corrected chi connectivity index (χ4v) is 1.89. The van der Waals surface area contributed by atoms with Gasteiger partial charge in [-0.05, 0) is 24.6 Å². The van der Waals surface area contributed by atoms with Crippen LogP contribution in [0.1, 0.15) is 15.9 Å². The zero-order valence-corrected chi connectivity index (χ0v) is 10.9. The Hall–Kier alpha value is -2.83. The second kappa shape index (κ2) is 5.66. The number of carbonyl (C=O) groups excluding carboxylic acids is 1. The predicted molar refractivity (Wildman–Crippen MR) is 72.1 cm³/mol. The highest BCUT2D eigenvalue weighted by Crippen LogP contribution is 2.25. The van der Waals surface area contributed by atoms with E-state index in [9.17, 15) is 23.7 Å². The molecule has 0 spiro atoms. The Kier molecular flexibility index (Phi) is 3.93. The molecule has 108 valence electrons. The van der Waals surface area contributed by atoms with Gasteiger partial charge in [-0.2, -0.15) is 0 Å². The van der Waals surface area contributed by atoms with E-state index in [1.54, 1.807) is 0 Å². The summed E-state index contributed by atoms with van der Waals surface area (Å²) < 4.78 is 27.0. The molecule has 1 amide bonds. The van der Waals surface area contributed by atoms with Crippen LogP contribution < -0.4 is 5.32 Å². The van der Waals surface area contributed by atoms with Gasteiger partial charge in [0.15, 0.2) is 0 Å². The highest BCUT2D eigenvalue weighted by Gasteiger charge is 2.23. The van der Waals surface area contributed by atoms with Crippen LogP contribution in [0.5, 0.6) is 0 Å². The van der Waals surface area contributed by atoms with E-state index in [4.69, 9.17) is 0 Å². The molecule has 0 aliphatic heterocycles. The Bertz CT molecular complexity index is 712. The first kappa shape index (κ1) is 14.6. The number of carbonyl (C=O) groups is 1. The van der Waals surface area contributed by atoms with Crippen molar-refractivity contribution >= 4 is 17.3 Å².